The molecule has 1 aromatic rings. The normalized spacial score (nSPS) is 31.0. The number of ether oxygens (including phenoxy) is 1. The van der Waals surface area contributed by atoms with Gasteiger partial charge in [-0.05, 0) is 100 Å². The Morgan fingerprint density at radius 3 is 2.24 bits per heavy atom. The molecule has 1 aromatic carbocycles. The molecule has 16 heteroatoms. The molecule has 0 spiro atoms. The van der Waals surface area contributed by atoms with E-state index in [0.29, 0.717) is 30.7 Å². The Hall–Kier alpha value is -4.89. The molecule has 2 bridgehead atoms. The van der Waals surface area contributed by atoms with Crippen molar-refractivity contribution in [3.05, 3.63) is 47.5 Å². The first-order chi connectivity index (χ1) is 26.2. The van der Waals surface area contributed by atoms with E-state index in [9.17, 15) is 42.3 Å². The molecular formula is C39H50F2N6O8. The molecule has 55 heavy (non-hydrogen) atoms. The van der Waals surface area contributed by atoms with E-state index in [0.717, 1.165) is 31.4 Å². The van der Waals surface area contributed by atoms with E-state index in [1.165, 1.54) is 48.1 Å². The van der Waals surface area contributed by atoms with Gasteiger partial charge in [0, 0.05) is 32.6 Å². The van der Waals surface area contributed by atoms with Crippen LogP contribution in [0.2, 0.25) is 0 Å². The third kappa shape index (κ3) is 8.99. The summed E-state index contributed by atoms with van der Waals surface area (Å²) in [5, 5.41) is 7.86. The third-order valence-electron chi connectivity index (χ3n) is 12.0. The van der Waals surface area contributed by atoms with Gasteiger partial charge in [0.25, 0.3) is 0 Å². The van der Waals surface area contributed by atoms with Crippen LogP contribution in [0.4, 0.5) is 8.78 Å². The first-order valence-electron chi connectivity index (χ1n) is 19.3. The summed E-state index contributed by atoms with van der Waals surface area (Å²) in [5.74, 6) is -5.13. The zero-order chi connectivity index (χ0) is 39.6. The maximum absolute atomic E-state index is 14.3. The molecular weight excluding hydrogens is 718 g/mol. The molecule has 298 valence electrons. The van der Waals surface area contributed by atoms with Crippen molar-refractivity contribution >= 4 is 41.4 Å². The van der Waals surface area contributed by atoms with Crippen molar-refractivity contribution in [1.29, 1.82) is 0 Å². The molecule has 9 atom stereocenters. The van der Waals surface area contributed by atoms with Crippen molar-refractivity contribution in [3.8, 4) is 0 Å². The maximum Gasteiger partial charge on any atom is 0.328 e. The monoisotopic (exact) mass is 768 g/mol. The lowest BCUT2D eigenvalue weighted by molar-refractivity contribution is -0.158. The van der Waals surface area contributed by atoms with Crippen LogP contribution < -0.4 is 16.0 Å². The number of amides is 6. The highest BCUT2D eigenvalue weighted by atomic mass is 19.1. The number of nitrogens with zero attached hydrogens (tertiary/aromatic N) is 3. The number of likely N-dealkylation sites (N-methyl/N-ethyl adjacent to an activating group) is 1. The van der Waals surface area contributed by atoms with E-state index in [1.807, 2.05) is 6.08 Å². The summed E-state index contributed by atoms with van der Waals surface area (Å²) < 4.78 is 34.1. The van der Waals surface area contributed by atoms with Crippen molar-refractivity contribution < 1.29 is 47.1 Å². The number of nitrogens with one attached hydrogen (secondary N) is 3. The zero-order valence-corrected chi connectivity index (χ0v) is 31.4. The molecule has 3 heterocycles. The average Bonchev–Trinajstić information content (AvgIpc) is 3.98. The number of benzene rings is 1. The quantitative estimate of drug-likeness (QED) is 0.276. The van der Waals surface area contributed by atoms with E-state index in [-0.39, 0.29) is 43.8 Å². The average molecular weight is 769 g/mol. The first kappa shape index (κ1) is 39.8. The largest absolute Gasteiger partial charge is 0.461 e. The molecule has 6 rings (SSSR count). The second-order valence-corrected chi connectivity index (χ2v) is 15.7. The van der Waals surface area contributed by atoms with Gasteiger partial charge in [-0.2, -0.15) is 0 Å². The first-order valence-corrected chi connectivity index (χ1v) is 19.3. The van der Waals surface area contributed by atoms with Crippen molar-refractivity contribution in [1.82, 2.24) is 30.7 Å². The minimum Gasteiger partial charge on any atom is -0.461 e. The number of hydrogen-bond acceptors (Lipinski definition) is 8. The summed E-state index contributed by atoms with van der Waals surface area (Å²) in [7, 11) is 1.43. The molecule has 3 saturated heterocycles. The number of carbonyl (C=O) groups excluding carboxylic acids is 7. The van der Waals surface area contributed by atoms with Gasteiger partial charge in [-0.3, -0.25) is 28.8 Å². The van der Waals surface area contributed by atoms with Crippen molar-refractivity contribution in [2.75, 3.05) is 26.7 Å². The second-order valence-electron chi connectivity index (χ2n) is 15.7. The van der Waals surface area contributed by atoms with E-state index >= 15 is 0 Å². The fraction of sp³-hybridized carbons (Fsp3) is 0.615. The highest BCUT2D eigenvalue weighted by Gasteiger charge is 2.44. The third-order valence-corrected chi connectivity index (χ3v) is 12.0. The second kappa shape index (κ2) is 16.9. The lowest BCUT2D eigenvalue weighted by atomic mass is 9.88. The topological polar surface area (TPSA) is 175 Å². The van der Waals surface area contributed by atoms with Gasteiger partial charge < -0.3 is 35.4 Å². The molecule has 5 fully saturated rings. The van der Waals surface area contributed by atoms with Gasteiger partial charge in [-0.1, -0.05) is 12.5 Å². The predicted molar refractivity (Wildman–Crippen MR) is 192 cm³/mol. The van der Waals surface area contributed by atoms with E-state index in [2.05, 4.69) is 16.0 Å². The van der Waals surface area contributed by atoms with Gasteiger partial charge in [0.2, 0.25) is 35.4 Å². The van der Waals surface area contributed by atoms with Crippen LogP contribution in [-0.2, 0) is 44.7 Å². The SMILES string of the molecule is C[C@@H]1NC(=O)[C@H](C)N(C)C(=O)[C@@H]2CCCN2C(=O)[C@@H](NC(=O)[C@H](Cc2cc(F)cc(F)c2)NC(=O)/C=C/C2CC3CCC2C3)COC(=O)[C@@H]2CCCN2C1=O. The Kier molecular flexibility index (Phi) is 12.2. The van der Waals surface area contributed by atoms with Gasteiger partial charge in [-0.15, -0.1) is 0 Å². The van der Waals surface area contributed by atoms with E-state index in [4.69, 9.17) is 4.74 Å². The Bertz CT molecular complexity index is 1720. The van der Waals surface area contributed by atoms with Crippen LogP contribution in [0.3, 0.4) is 0 Å². The van der Waals surface area contributed by atoms with Gasteiger partial charge in [0.1, 0.15) is 54.5 Å². The Balaban J connectivity index is 1.27. The maximum atomic E-state index is 14.3. The minimum atomic E-state index is -1.55. The van der Waals surface area contributed by atoms with Crippen LogP contribution >= 0.6 is 0 Å². The number of carbonyl (C=O) groups is 7. The highest BCUT2D eigenvalue weighted by molar-refractivity contribution is 5.98. The molecule has 0 radical (unpaired) electrons. The Morgan fingerprint density at radius 1 is 0.909 bits per heavy atom. The zero-order valence-electron chi connectivity index (χ0n) is 31.4. The number of cyclic esters (lactones) is 1. The van der Waals surface area contributed by atoms with Crippen LogP contribution in [0.25, 0.3) is 0 Å². The standard InChI is InChI=1S/C39H50F2N6O8/c1-21-36(51)47-13-5-7-32(47)39(54)55-20-30(37(52)46-12-4-6-31(46)38(53)45(3)22(2)34(49)42-21)44-35(50)29(18-24-16-27(40)19-28(41)17-24)43-33(48)11-10-26-15-23-8-9-25(26)14-23/h10-11,16-17,19,21-23,25-26,29-32H,4-9,12-15,18,20H2,1-3H3,(H,42,49)(H,43,48)(H,44,50)/b11-10+/t21-,22-,23?,25?,26?,29-,30-,31-,32-/m0/s1. The van der Waals surface area contributed by atoms with Crippen molar-refractivity contribution in [2.24, 2.45) is 17.8 Å². The highest BCUT2D eigenvalue weighted by Crippen LogP contribution is 2.48. The molecule has 2 saturated carbocycles. The summed E-state index contributed by atoms with van der Waals surface area (Å²) in [5.41, 5.74) is 0.0670. The Morgan fingerprint density at radius 2 is 1.58 bits per heavy atom. The van der Waals surface area contributed by atoms with E-state index in [1.54, 1.807) is 0 Å². The van der Waals surface area contributed by atoms with Crippen molar-refractivity contribution in [3.63, 3.8) is 0 Å². The molecule has 6 amide bonds. The van der Waals surface area contributed by atoms with Gasteiger partial charge in [0.15, 0.2) is 0 Å². The van der Waals surface area contributed by atoms with Gasteiger partial charge in [0.05, 0.1) is 0 Å². The summed E-state index contributed by atoms with van der Waals surface area (Å²) in [6.07, 6.45) is 8.67. The summed E-state index contributed by atoms with van der Waals surface area (Å²) in [6, 6.07) is -4.28. The Labute approximate surface area is 318 Å². The minimum absolute atomic E-state index is 0.0670. The van der Waals surface area contributed by atoms with Crippen LogP contribution in [0.5, 0.6) is 0 Å². The lowest BCUT2D eigenvalue weighted by Crippen LogP contribution is -2.60. The molecule has 5 aliphatic rings. The number of rotatable bonds is 7. The number of hydrogen-bond donors (Lipinski definition) is 3. The number of fused-ring (bicyclic) bond motifs is 4. The number of esters is 1. The predicted octanol–water partition coefficient (Wildman–Crippen LogP) is 1.36. The number of allylic oxidation sites excluding steroid dienone is 1. The number of halogens is 2. The molecule has 2 aliphatic carbocycles. The molecule has 0 aromatic heterocycles. The van der Waals surface area contributed by atoms with Crippen LogP contribution in [0.15, 0.2) is 30.4 Å². The molecule has 3 aliphatic heterocycles. The fourth-order valence-electron chi connectivity index (χ4n) is 8.85. The van der Waals surface area contributed by atoms with Gasteiger partial charge >= 0.3 is 5.97 Å². The van der Waals surface area contributed by atoms with E-state index < -0.39 is 95.9 Å². The summed E-state index contributed by atoms with van der Waals surface area (Å²) in [4.78, 5) is 99.3. The fourth-order valence-corrected chi connectivity index (χ4v) is 8.85. The van der Waals surface area contributed by atoms with Crippen molar-refractivity contribution in [2.45, 2.75) is 108 Å². The molecule has 14 nitrogen and oxygen atoms in total. The summed E-state index contributed by atoms with van der Waals surface area (Å²) in [6.45, 7) is 2.67. The van der Waals surface area contributed by atoms with Crippen LogP contribution in [-0.4, -0.2) is 119 Å². The molecule has 3 unspecified atom stereocenters. The molecule has 3 N–H and O–H groups in total. The van der Waals surface area contributed by atoms with Crippen LogP contribution in [0, 0.1) is 29.4 Å². The van der Waals surface area contributed by atoms with Gasteiger partial charge in [-0.25, -0.2) is 13.6 Å². The summed E-state index contributed by atoms with van der Waals surface area (Å²) >= 11 is 0. The van der Waals surface area contributed by atoms with Crippen LogP contribution in [0.1, 0.15) is 70.8 Å². The smallest absolute Gasteiger partial charge is 0.328 e. The lowest BCUT2D eigenvalue weighted by Gasteiger charge is -2.34.